The van der Waals surface area contributed by atoms with Crippen LogP contribution in [0.25, 0.3) is 16.6 Å². The molecule has 0 aliphatic carbocycles. The number of hydrogen-bond acceptors (Lipinski definition) is 6. The van der Waals surface area contributed by atoms with E-state index in [0.717, 1.165) is 10.4 Å². The molecule has 4 aromatic rings. The van der Waals surface area contributed by atoms with E-state index in [9.17, 15) is 9.59 Å². The Morgan fingerprint density at radius 3 is 2.73 bits per heavy atom. The first-order valence-corrected chi connectivity index (χ1v) is 11.1. The lowest BCUT2D eigenvalue weighted by atomic mass is 10.2. The molecule has 2 aromatic carbocycles. The molecule has 1 amide bonds. The summed E-state index contributed by atoms with van der Waals surface area (Å²) in [5.74, 6) is -0.191. The molecule has 0 bridgehead atoms. The van der Waals surface area contributed by atoms with Gasteiger partial charge in [0.05, 0.1) is 28.6 Å². The topological polar surface area (TPSA) is 76.3 Å². The van der Waals surface area contributed by atoms with Crippen LogP contribution in [0.5, 0.6) is 0 Å². The fourth-order valence-corrected chi connectivity index (χ4v) is 4.22. The molecule has 0 unspecified atom stereocenters. The van der Waals surface area contributed by atoms with Gasteiger partial charge in [0, 0.05) is 4.88 Å². The number of amides is 1. The van der Waals surface area contributed by atoms with Crippen molar-refractivity contribution >= 4 is 46.1 Å². The second kappa shape index (κ2) is 9.06. The molecule has 6 nitrogen and oxygen atoms in total. The fraction of sp³-hybridized carbons (Fsp3) is 0.0909. The van der Waals surface area contributed by atoms with E-state index in [1.54, 1.807) is 22.9 Å². The van der Waals surface area contributed by atoms with E-state index in [4.69, 9.17) is 0 Å². The average molecular weight is 435 g/mol. The number of carbonyl (C=O) groups is 1. The highest BCUT2D eigenvalue weighted by Gasteiger charge is 2.14. The van der Waals surface area contributed by atoms with E-state index < -0.39 is 0 Å². The molecule has 0 spiro atoms. The van der Waals surface area contributed by atoms with E-state index >= 15 is 0 Å². The number of nitrogens with one attached hydrogen (secondary N) is 1. The molecule has 4 rings (SSSR count). The summed E-state index contributed by atoms with van der Waals surface area (Å²) < 4.78 is 1.55. The summed E-state index contributed by atoms with van der Waals surface area (Å²) >= 11 is 2.73. The normalized spacial score (nSPS) is 11.2. The number of aryl methyl sites for hydroxylation is 1. The molecule has 1 N–H and O–H groups in total. The molecule has 0 saturated heterocycles. The van der Waals surface area contributed by atoms with Gasteiger partial charge in [-0.15, -0.1) is 11.3 Å². The zero-order chi connectivity index (χ0) is 20.9. The zero-order valence-electron chi connectivity index (χ0n) is 16.1. The molecule has 0 aliphatic heterocycles. The van der Waals surface area contributed by atoms with Crippen molar-refractivity contribution in [2.24, 2.45) is 5.10 Å². The van der Waals surface area contributed by atoms with E-state index in [2.05, 4.69) is 15.5 Å². The minimum atomic E-state index is -0.273. The van der Waals surface area contributed by atoms with Crippen LogP contribution in [-0.4, -0.2) is 27.4 Å². The van der Waals surface area contributed by atoms with Crippen LogP contribution < -0.4 is 11.0 Å². The van der Waals surface area contributed by atoms with Crippen molar-refractivity contribution in [1.29, 1.82) is 0 Å². The number of benzene rings is 2. The van der Waals surface area contributed by atoms with Crippen LogP contribution >= 0.6 is 23.1 Å². The second-order valence-electron chi connectivity index (χ2n) is 6.48. The smallest absolute Gasteiger partial charge is 0.266 e. The predicted octanol–water partition coefficient (Wildman–Crippen LogP) is 4.00. The maximum absolute atomic E-state index is 13.2. The number of aromatic nitrogens is 2. The summed E-state index contributed by atoms with van der Waals surface area (Å²) in [4.78, 5) is 31.0. The molecular weight excluding hydrogens is 416 g/mol. The van der Waals surface area contributed by atoms with Crippen LogP contribution in [0.3, 0.4) is 0 Å². The summed E-state index contributed by atoms with van der Waals surface area (Å²) in [5.41, 5.74) is 4.75. The number of para-hydroxylation sites is 1. The Kier molecular flexibility index (Phi) is 6.06. The van der Waals surface area contributed by atoms with Gasteiger partial charge in [-0.1, -0.05) is 47.7 Å². The number of nitrogens with zero attached hydrogens (tertiary/aromatic N) is 3. The van der Waals surface area contributed by atoms with Crippen molar-refractivity contribution in [1.82, 2.24) is 15.0 Å². The lowest BCUT2D eigenvalue weighted by Crippen LogP contribution is -2.24. The number of thioether (sulfide) groups is 1. The lowest BCUT2D eigenvalue weighted by molar-refractivity contribution is -0.118. The highest BCUT2D eigenvalue weighted by Crippen LogP contribution is 2.21. The molecule has 0 fully saturated rings. The summed E-state index contributed by atoms with van der Waals surface area (Å²) in [6, 6.07) is 18.7. The van der Waals surface area contributed by atoms with Crippen molar-refractivity contribution in [3.63, 3.8) is 0 Å². The molecule has 0 aliphatic rings. The van der Waals surface area contributed by atoms with Crippen LogP contribution in [0.1, 0.15) is 10.4 Å². The number of hydrogen-bond donors (Lipinski definition) is 1. The summed E-state index contributed by atoms with van der Waals surface area (Å²) in [7, 11) is 0. The first-order chi connectivity index (χ1) is 14.6. The third kappa shape index (κ3) is 4.50. The molecule has 0 radical (unpaired) electrons. The zero-order valence-corrected chi connectivity index (χ0v) is 17.7. The number of rotatable bonds is 6. The van der Waals surface area contributed by atoms with Crippen LogP contribution in [-0.2, 0) is 4.79 Å². The molecule has 0 atom stereocenters. The average Bonchev–Trinajstić information content (AvgIpc) is 3.27. The first kappa shape index (κ1) is 20.1. The van der Waals surface area contributed by atoms with Crippen molar-refractivity contribution in [3.8, 4) is 5.69 Å². The lowest BCUT2D eigenvalue weighted by Gasteiger charge is -2.13. The maximum Gasteiger partial charge on any atom is 0.266 e. The molecule has 30 heavy (non-hydrogen) atoms. The standard InChI is InChI=1S/C22H18N4O2S2/c1-15-8-10-16(11-9-15)26-21(28)18-6-2-3-7-19(18)24-22(26)30-14-20(27)25-23-13-17-5-4-12-29-17/h2-13H,14H2,1H3,(H,25,27). The quantitative estimate of drug-likeness (QED) is 0.215. The highest BCUT2D eigenvalue weighted by atomic mass is 32.2. The Labute approximate surface area is 181 Å². The molecule has 8 heteroatoms. The molecular formula is C22H18N4O2S2. The number of fused-ring (bicyclic) bond motifs is 1. The van der Waals surface area contributed by atoms with E-state index in [1.165, 1.54) is 23.1 Å². The Bertz CT molecular complexity index is 1260. The van der Waals surface area contributed by atoms with E-state index in [-0.39, 0.29) is 17.2 Å². The van der Waals surface area contributed by atoms with Crippen LogP contribution in [0, 0.1) is 6.92 Å². The first-order valence-electron chi connectivity index (χ1n) is 9.19. The van der Waals surface area contributed by atoms with Crippen molar-refractivity contribution in [3.05, 3.63) is 86.8 Å². The molecule has 0 saturated carbocycles. The molecule has 2 heterocycles. The summed E-state index contributed by atoms with van der Waals surface area (Å²) in [5, 5.41) is 6.90. The SMILES string of the molecule is Cc1ccc(-n2c(SCC(=O)NN=Cc3cccs3)nc3ccccc3c2=O)cc1. The predicted molar refractivity (Wildman–Crippen MR) is 123 cm³/mol. The third-order valence-corrected chi connectivity index (χ3v) is 6.04. The summed E-state index contributed by atoms with van der Waals surface area (Å²) in [6.07, 6.45) is 1.60. The highest BCUT2D eigenvalue weighted by molar-refractivity contribution is 7.99. The van der Waals surface area contributed by atoms with Crippen molar-refractivity contribution in [2.45, 2.75) is 12.1 Å². The van der Waals surface area contributed by atoms with Gasteiger partial charge in [-0.05, 0) is 42.6 Å². The van der Waals surface area contributed by atoms with Gasteiger partial charge < -0.3 is 0 Å². The van der Waals surface area contributed by atoms with Gasteiger partial charge in [0.2, 0.25) is 0 Å². The Morgan fingerprint density at radius 2 is 1.97 bits per heavy atom. The number of carbonyl (C=O) groups excluding carboxylic acids is 1. The van der Waals surface area contributed by atoms with Crippen molar-refractivity contribution < 1.29 is 4.79 Å². The minimum Gasteiger partial charge on any atom is -0.272 e. The second-order valence-corrected chi connectivity index (χ2v) is 8.41. The molecule has 150 valence electrons. The van der Waals surface area contributed by atoms with Crippen LogP contribution in [0.2, 0.25) is 0 Å². The Morgan fingerprint density at radius 1 is 1.17 bits per heavy atom. The Hall–Kier alpha value is -3.23. The van der Waals surface area contributed by atoms with E-state index in [1.807, 2.05) is 60.8 Å². The van der Waals surface area contributed by atoms with Crippen LogP contribution in [0.15, 0.2) is 81.1 Å². The van der Waals surface area contributed by atoms with Gasteiger partial charge in [-0.2, -0.15) is 5.10 Å². The number of thiophene rings is 1. The van der Waals surface area contributed by atoms with Gasteiger partial charge in [0.15, 0.2) is 5.16 Å². The largest absolute Gasteiger partial charge is 0.272 e. The summed E-state index contributed by atoms with van der Waals surface area (Å²) in [6.45, 7) is 1.99. The van der Waals surface area contributed by atoms with Gasteiger partial charge in [0.1, 0.15) is 0 Å². The van der Waals surface area contributed by atoms with Gasteiger partial charge in [-0.25, -0.2) is 10.4 Å². The van der Waals surface area contributed by atoms with Gasteiger partial charge in [0.25, 0.3) is 11.5 Å². The van der Waals surface area contributed by atoms with Gasteiger partial charge in [-0.3, -0.25) is 14.2 Å². The Balaban J connectivity index is 1.60. The van der Waals surface area contributed by atoms with Crippen molar-refractivity contribution in [2.75, 3.05) is 5.75 Å². The minimum absolute atomic E-state index is 0.0818. The fourth-order valence-electron chi connectivity index (χ4n) is 2.83. The third-order valence-electron chi connectivity index (χ3n) is 4.29. The molecule has 2 aromatic heterocycles. The maximum atomic E-state index is 13.2. The van der Waals surface area contributed by atoms with Gasteiger partial charge >= 0.3 is 0 Å². The van der Waals surface area contributed by atoms with E-state index in [0.29, 0.717) is 21.7 Å². The number of hydrazone groups is 1. The van der Waals surface area contributed by atoms with Crippen LogP contribution in [0.4, 0.5) is 0 Å². The monoisotopic (exact) mass is 434 g/mol.